The van der Waals surface area contributed by atoms with Crippen LogP contribution in [0, 0.1) is 6.92 Å². The monoisotopic (exact) mass is 1580 g/mol. The molecule has 3 saturated heterocycles. The predicted molar refractivity (Wildman–Crippen MR) is 438 cm³/mol. The van der Waals surface area contributed by atoms with Crippen LogP contribution in [0.2, 0.25) is 10.0 Å². The molecule has 7 aromatic heterocycles. The lowest BCUT2D eigenvalue weighted by molar-refractivity contribution is 0.0244. The van der Waals surface area contributed by atoms with Gasteiger partial charge in [-0.15, -0.1) is 0 Å². The number of anilines is 7. The predicted octanol–water partition coefficient (Wildman–Crippen LogP) is 13.5. The van der Waals surface area contributed by atoms with Gasteiger partial charge in [-0.25, -0.2) is 4.98 Å². The maximum absolute atomic E-state index is 12.1. The summed E-state index contributed by atoms with van der Waals surface area (Å²) in [5.41, 5.74) is 14.4. The topological polar surface area (TPSA) is 391 Å². The van der Waals surface area contributed by atoms with Crippen LogP contribution in [-0.4, -0.2) is 173 Å². The third-order valence-electron chi connectivity index (χ3n) is 19.5. The highest BCUT2D eigenvalue weighted by Crippen LogP contribution is 2.41. The molecule has 586 valence electrons. The highest BCUT2D eigenvalue weighted by molar-refractivity contribution is 6.34. The molecule has 0 saturated carbocycles. The van der Waals surface area contributed by atoms with E-state index in [-0.39, 0.29) is 53.7 Å². The van der Waals surface area contributed by atoms with E-state index in [0.717, 1.165) is 105 Å². The number of oxazole rings is 1. The largest absolute Gasteiger partial charge is 0.474 e. The number of amides is 5. The van der Waals surface area contributed by atoms with Gasteiger partial charge >= 0.3 is 0 Å². The quantitative estimate of drug-likeness (QED) is 0.0318. The van der Waals surface area contributed by atoms with E-state index in [1.165, 1.54) is 0 Å². The molecule has 12 N–H and O–H groups in total. The third kappa shape index (κ3) is 17.6. The van der Waals surface area contributed by atoms with Crippen LogP contribution < -0.4 is 57.3 Å². The lowest BCUT2D eigenvalue weighted by Gasteiger charge is -2.24. The second kappa shape index (κ2) is 35.3. The van der Waals surface area contributed by atoms with Gasteiger partial charge in [-0.2, -0.15) is 29.9 Å². The number of hydrogen-bond acceptors (Lipinski definition) is 22. The number of hydrogen-bond donors (Lipinski definition) is 12. The molecule has 10 heterocycles. The smallest absolute Gasteiger partial charge is 0.251 e. The van der Waals surface area contributed by atoms with E-state index in [0.29, 0.717) is 147 Å². The molecule has 13 aromatic rings. The lowest BCUT2D eigenvalue weighted by atomic mass is 10.0. The molecule has 3 fully saturated rings. The number of halogens is 2. The minimum Gasteiger partial charge on any atom is -0.474 e. The van der Waals surface area contributed by atoms with E-state index >= 15 is 0 Å². The van der Waals surface area contributed by atoms with E-state index in [9.17, 15) is 24.0 Å². The van der Waals surface area contributed by atoms with Gasteiger partial charge in [-0.1, -0.05) is 60.5 Å². The van der Waals surface area contributed by atoms with Crippen molar-refractivity contribution in [3.8, 4) is 45.1 Å². The first kappa shape index (κ1) is 78.0. The van der Waals surface area contributed by atoms with E-state index in [4.69, 9.17) is 71.2 Å². The molecule has 16 rings (SSSR count). The zero-order chi connectivity index (χ0) is 79.5. The number of H-pyrrole nitrogens is 3. The van der Waals surface area contributed by atoms with Crippen molar-refractivity contribution in [3.05, 3.63) is 189 Å². The van der Waals surface area contributed by atoms with Crippen molar-refractivity contribution in [2.45, 2.75) is 70.6 Å². The fourth-order valence-electron chi connectivity index (χ4n) is 13.5. The number of rotatable bonds is 21. The summed E-state index contributed by atoms with van der Waals surface area (Å²) in [4.78, 5) is 103. The number of fused-ring (bicyclic) bond motifs is 4. The highest BCUT2D eigenvalue weighted by atomic mass is 35.5. The molecule has 0 bridgehead atoms. The van der Waals surface area contributed by atoms with E-state index in [1.807, 2.05) is 87.0 Å². The molecule has 5 amide bonds. The molecule has 3 aliphatic heterocycles. The first-order valence-electron chi connectivity index (χ1n) is 37.2. The number of aromatic amines is 3. The van der Waals surface area contributed by atoms with Crippen molar-refractivity contribution in [1.29, 1.82) is 0 Å². The standard InChI is InChI=1S/C29H30N6O4.C27H28ClN7O3.C26H25ClN6O4/c1-4-17-13-19(27(36)30-3)6-7-22(17)33-29-34-26-25(28(35-29)39-20-9-11-37-12-10-20)21(15-31-26)18-5-8-23-24(14-18)38-16(2)32-23;1-29-25(36)16-5-3-15(4-6-16)19-14-31-23-22(19)24(32-18-9-11-38-12-10-18)35-27(34-23)33-21-8-7-17(13-20(21)28)26(37)30-2;1-28-23(34)15-5-3-14(4-6-15)18-12-30-22-21(18)25(37-17-9-10-36-13-17)33-26(32-22)31-20-8-7-16(11-19(20)27)24(35)29-2/h5-8,13-15,20H,4,9-12H2,1-3H3,(H,30,36)(H2,31,33,34,35);3-8,13-14,18H,9-12H2,1-2H3,(H,29,36)(H,30,37)(H3,31,32,33,34,35);3-8,11-12,17H,9-10,13H2,1-2H3,(H,28,34)(H,29,35)(H2,30,31,32,33). The summed E-state index contributed by atoms with van der Waals surface area (Å²) in [7, 11) is 7.95. The maximum atomic E-state index is 12.1. The van der Waals surface area contributed by atoms with Gasteiger partial charge in [0.15, 0.2) is 11.5 Å². The normalized spacial score (nSPS) is 14.3. The summed E-state index contributed by atoms with van der Waals surface area (Å²) in [5, 5.41) is 29.4. The summed E-state index contributed by atoms with van der Waals surface area (Å²) >= 11 is 12.9. The molecule has 0 aliphatic carbocycles. The van der Waals surface area contributed by atoms with Crippen molar-refractivity contribution in [3.63, 3.8) is 0 Å². The van der Waals surface area contributed by atoms with Crippen LogP contribution in [0.15, 0.2) is 144 Å². The van der Waals surface area contributed by atoms with Gasteiger partial charge in [0.1, 0.15) is 40.5 Å². The Morgan fingerprint density at radius 3 is 1.35 bits per heavy atom. The number of nitrogens with one attached hydrogen (secondary N) is 12. The maximum Gasteiger partial charge on any atom is 0.251 e. The molecule has 6 aromatic carbocycles. The first-order valence-corrected chi connectivity index (χ1v) is 37.9. The fraction of sp³-hybridized carbons (Fsp3) is 0.268. The van der Waals surface area contributed by atoms with Crippen LogP contribution in [0.25, 0.3) is 77.6 Å². The molecule has 32 heteroatoms. The molecular weight excluding hydrogens is 1500 g/mol. The van der Waals surface area contributed by atoms with Crippen molar-refractivity contribution in [1.82, 2.24) is 76.4 Å². The van der Waals surface area contributed by atoms with Gasteiger partial charge < -0.3 is 90.9 Å². The van der Waals surface area contributed by atoms with Crippen LogP contribution in [0.3, 0.4) is 0 Å². The minimum absolute atomic E-state index is 0.00936. The lowest BCUT2D eigenvalue weighted by Crippen LogP contribution is -2.28. The van der Waals surface area contributed by atoms with Gasteiger partial charge in [0.2, 0.25) is 29.6 Å². The Bertz CT molecular complexity index is 5710. The molecular formula is C82H83Cl2N19O11. The van der Waals surface area contributed by atoms with Gasteiger partial charge in [0, 0.05) is 149 Å². The number of carbonyl (C=O) groups is 5. The number of aryl methyl sites for hydroxylation is 2. The van der Waals surface area contributed by atoms with E-state index in [1.54, 1.807) is 102 Å². The Morgan fingerprint density at radius 2 is 0.860 bits per heavy atom. The zero-order valence-corrected chi connectivity index (χ0v) is 64.9. The molecule has 1 unspecified atom stereocenters. The van der Waals surface area contributed by atoms with Crippen molar-refractivity contribution < 1.29 is 52.1 Å². The van der Waals surface area contributed by atoms with Gasteiger partial charge in [-0.05, 0) is 133 Å². The second-order valence-electron chi connectivity index (χ2n) is 26.9. The average Bonchev–Trinajstić information content (AvgIpc) is 1.16. The van der Waals surface area contributed by atoms with Crippen LogP contribution in [-0.2, 0) is 20.6 Å². The molecule has 114 heavy (non-hydrogen) atoms. The third-order valence-corrected chi connectivity index (χ3v) is 20.1. The number of carbonyl (C=O) groups excluding carboxylic acids is 5. The Kier molecular flexibility index (Phi) is 24.1. The minimum atomic E-state index is -0.233. The summed E-state index contributed by atoms with van der Waals surface area (Å²) in [6.07, 6.45) is 10.3. The van der Waals surface area contributed by atoms with Gasteiger partial charge in [-0.3, -0.25) is 24.0 Å². The van der Waals surface area contributed by atoms with E-state index < -0.39 is 0 Å². The van der Waals surface area contributed by atoms with Crippen molar-refractivity contribution >= 4 is 138 Å². The Balaban J connectivity index is 0.000000142. The Hall–Kier alpha value is -12.7. The summed E-state index contributed by atoms with van der Waals surface area (Å²) in [5.74, 6) is 2.35. The van der Waals surface area contributed by atoms with Crippen LogP contribution >= 0.6 is 23.2 Å². The first-order chi connectivity index (χ1) is 55.4. The van der Waals surface area contributed by atoms with Crippen LogP contribution in [0.1, 0.15) is 102 Å². The second-order valence-corrected chi connectivity index (χ2v) is 27.7. The van der Waals surface area contributed by atoms with E-state index in [2.05, 4.69) is 77.8 Å². The summed E-state index contributed by atoms with van der Waals surface area (Å²) in [6, 6.07) is 36.3. The number of nitrogens with zero attached hydrogens (tertiary/aromatic N) is 7. The molecule has 0 spiro atoms. The van der Waals surface area contributed by atoms with Crippen LogP contribution in [0.5, 0.6) is 11.8 Å². The SMILES string of the molecule is CCc1cc(C(=O)NC)ccc1Nc1nc(OC2CCOCC2)c2c(-c3ccc4nc(C)oc4c3)c[nH]c2n1.CNC(=O)c1ccc(-c2c[nH]c3nc(Nc4ccc(C(=O)NC)cc4Cl)nc(NC4CCOCC4)c23)cc1.CNC(=O)c1ccc(-c2c[nH]c3nc(Nc4ccc(C(=O)NC)cc4Cl)nc(OC4CCOC4)c23)cc1. The number of ether oxygens (including phenoxy) is 5. The fourth-order valence-corrected chi connectivity index (χ4v) is 13.9. The van der Waals surface area contributed by atoms with Gasteiger partial charge in [0.05, 0.1) is 64.0 Å². The summed E-state index contributed by atoms with van der Waals surface area (Å²) in [6.45, 7) is 7.66. The highest BCUT2D eigenvalue weighted by Gasteiger charge is 2.28. The van der Waals surface area contributed by atoms with Crippen molar-refractivity contribution in [2.75, 3.05) is 96.1 Å². The Labute approximate surface area is 663 Å². The number of aromatic nitrogens is 10. The zero-order valence-electron chi connectivity index (χ0n) is 63.4. The number of benzene rings is 6. The molecule has 1 atom stereocenters. The molecule has 0 radical (unpaired) electrons. The average molecular weight is 1580 g/mol. The van der Waals surface area contributed by atoms with Crippen molar-refractivity contribution in [2.24, 2.45) is 0 Å². The molecule has 3 aliphatic rings. The van der Waals surface area contributed by atoms with Crippen LogP contribution in [0.4, 0.5) is 40.7 Å². The van der Waals surface area contributed by atoms with Gasteiger partial charge in [0.25, 0.3) is 29.5 Å². The Morgan fingerprint density at radius 1 is 0.447 bits per heavy atom. The summed E-state index contributed by atoms with van der Waals surface area (Å²) < 4.78 is 35.1. The molecule has 30 nitrogen and oxygen atoms in total.